The summed E-state index contributed by atoms with van der Waals surface area (Å²) in [4.78, 5) is 1.63. The topological polar surface area (TPSA) is 0 Å². The van der Waals surface area contributed by atoms with E-state index < -0.39 is 0 Å². The summed E-state index contributed by atoms with van der Waals surface area (Å²) < 4.78 is 2.95. The average molecular weight is 300 g/mol. The van der Waals surface area contributed by atoms with Crippen LogP contribution in [0.4, 0.5) is 0 Å². The molecule has 1 aromatic carbocycles. The lowest BCUT2D eigenvalue weighted by molar-refractivity contribution is 1.17. The summed E-state index contributed by atoms with van der Waals surface area (Å²) in [5.41, 5.74) is 0. The van der Waals surface area contributed by atoms with E-state index in [-0.39, 0.29) is 0 Å². The predicted octanol–water partition coefficient (Wildman–Crippen LogP) is 4.38. The Kier molecular flexibility index (Phi) is 1.87. The van der Waals surface area contributed by atoms with Gasteiger partial charge in [0.15, 0.2) is 0 Å². The molecule has 2 heteroatoms. The van der Waals surface area contributed by atoms with Crippen LogP contribution in [0.1, 0.15) is 23.6 Å². The van der Waals surface area contributed by atoms with E-state index in [1.807, 2.05) is 11.3 Å². The molecule has 1 aliphatic rings. The summed E-state index contributed by atoms with van der Waals surface area (Å²) in [5, 5.41) is 1.45. The van der Waals surface area contributed by atoms with Gasteiger partial charge in [0.25, 0.3) is 0 Å². The van der Waals surface area contributed by atoms with Crippen molar-refractivity contribution in [3.63, 3.8) is 0 Å². The van der Waals surface area contributed by atoms with Gasteiger partial charge in [0.2, 0.25) is 0 Å². The molecule has 1 aromatic heterocycles. The molecule has 1 heterocycles. The van der Waals surface area contributed by atoms with Crippen LogP contribution in [0.5, 0.6) is 0 Å². The largest absolute Gasteiger partial charge is 0.139 e. The summed E-state index contributed by atoms with van der Waals surface area (Å²) in [6.45, 7) is 0. The van der Waals surface area contributed by atoms with Crippen molar-refractivity contribution in [2.45, 2.75) is 18.8 Å². The van der Waals surface area contributed by atoms with Crippen molar-refractivity contribution in [2.24, 2.45) is 0 Å². The normalized spacial score (nSPS) is 16.7. The van der Waals surface area contributed by atoms with Gasteiger partial charge < -0.3 is 0 Å². The Morgan fingerprint density at radius 1 is 1.23 bits per heavy atom. The van der Waals surface area contributed by atoms with Crippen molar-refractivity contribution in [3.8, 4) is 0 Å². The Balaban J connectivity index is 2.30. The minimum atomic E-state index is 0.893. The quantitative estimate of drug-likeness (QED) is 0.685. The number of halogens is 1. The zero-order valence-corrected chi connectivity index (χ0v) is 10.1. The van der Waals surface area contributed by atoms with E-state index in [0.29, 0.717) is 0 Å². The molecule has 0 saturated heterocycles. The Bertz CT molecular complexity index is 454. The molecule has 0 radical (unpaired) electrons. The van der Waals surface area contributed by atoms with E-state index in [9.17, 15) is 0 Å². The maximum absolute atomic E-state index is 2.50. The van der Waals surface area contributed by atoms with Crippen molar-refractivity contribution in [2.75, 3.05) is 0 Å². The average Bonchev–Trinajstić information content (AvgIpc) is 2.94. The molecule has 66 valence electrons. The van der Waals surface area contributed by atoms with Crippen molar-refractivity contribution < 1.29 is 0 Å². The molecule has 3 rings (SSSR count). The van der Waals surface area contributed by atoms with Crippen LogP contribution in [0.25, 0.3) is 10.1 Å². The maximum atomic E-state index is 2.50. The molecule has 0 unspecified atom stereocenters. The fourth-order valence-corrected chi connectivity index (χ4v) is 4.33. The summed E-state index contributed by atoms with van der Waals surface area (Å²) in [6.07, 6.45) is 2.81. The third kappa shape index (κ3) is 1.31. The van der Waals surface area contributed by atoms with Crippen molar-refractivity contribution >= 4 is 44.0 Å². The predicted molar refractivity (Wildman–Crippen MR) is 66.5 cm³/mol. The second kappa shape index (κ2) is 2.95. The third-order valence-corrected chi connectivity index (χ3v) is 5.37. The van der Waals surface area contributed by atoms with Crippen LogP contribution in [0.3, 0.4) is 0 Å². The highest BCUT2D eigenvalue weighted by atomic mass is 127. The minimum absolute atomic E-state index is 0.893. The molecule has 1 fully saturated rings. The summed E-state index contributed by atoms with van der Waals surface area (Å²) in [7, 11) is 0. The maximum Gasteiger partial charge on any atom is 0.0356 e. The molecule has 0 aliphatic heterocycles. The zero-order chi connectivity index (χ0) is 8.84. The van der Waals surface area contributed by atoms with Gasteiger partial charge in [-0.2, -0.15) is 0 Å². The van der Waals surface area contributed by atoms with E-state index >= 15 is 0 Å². The van der Waals surface area contributed by atoms with Gasteiger partial charge in [-0.15, -0.1) is 11.3 Å². The lowest BCUT2D eigenvalue weighted by Gasteiger charge is -1.91. The molecule has 0 amide bonds. The van der Waals surface area contributed by atoms with Crippen LogP contribution < -0.4 is 0 Å². The van der Waals surface area contributed by atoms with Crippen molar-refractivity contribution in [1.29, 1.82) is 0 Å². The van der Waals surface area contributed by atoms with E-state index in [1.54, 1.807) is 4.88 Å². The second-order valence-corrected chi connectivity index (χ2v) is 5.71. The number of thiophene rings is 1. The number of rotatable bonds is 1. The first-order valence-corrected chi connectivity index (χ1v) is 6.42. The first-order chi connectivity index (χ1) is 6.36. The first kappa shape index (κ1) is 8.24. The van der Waals surface area contributed by atoms with Crippen molar-refractivity contribution in [1.82, 2.24) is 0 Å². The molecule has 1 saturated carbocycles. The van der Waals surface area contributed by atoms with Gasteiger partial charge in [-0.1, -0.05) is 18.2 Å². The van der Waals surface area contributed by atoms with Crippen LogP contribution in [0.2, 0.25) is 0 Å². The number of fused-ring (bicyclic) bond motifs is 1. The van der Waals surface area contributed by atoms with E-state index in [0.717, 1.165) is 5.92 Å². The highest BCUT2D eigenvalue weighted by Gasteiger charge is 2.28. The molecule has 0 bridgehead atoms. The van der Waals surface area contributed by atoms with E-state index in [2.05, 4.69) is 46.9 Å². The Morgan fingerprint density at radius 3 is 2.69 bits per heavy atom. The van der Waals surface area contributed by atoms with Crippen LogP contribution >= 0.6 is 33.9 Å². The van der Waals surface area contributed by atoms with E-state index in [4.69, 9.17) is 0 Å². The molecular weight excluding hydrogens is 291 g/mol. The number of benzene rings is 1. The van der Waals surface area contributed by atoms with Gasteiger partial charge in [-0.25, -0.2) is 0 Å². The standard InChI is InChI=1S/C11H9IS/c12-10-8-3-1-2-4-9(8)13-11(10)7-5-6-7/h1-4,7H,5-6H2. The molecule has 0 N–H and O–H groups in total. The van der Waals surface area contributed by atoms with Gasteiger partial charge in [0.05, 0.1) is 0 Å². The Hall–Kier alpha value is -0.0900. The zero-order valence-electron chi connectivity index (χ0n) is 7.09. The monoisotopic (exact) mass is 300 g/mol. The molecular formula is C11H9IS. The molecule has 1 aliphatic carbocycles. The fraction of sp³-hybridized carbons (Fsp3) is 0.273. The smallest absolute Gasteiger partial charge is 0.0356 e. The van der Waals surface area contributed by atoms with Crippen LogP contribution in [-0.4, -0.2) is 0 Å². The number of hydrogen-bond acceptors (Lipinski definition) is 1. The molecule has 13 heavy (non-hydrogen) atoms. The summed E-state index contributed by atoms with van der Waals surface area (Å²) in [6, 6.07) is 8.73. The summed E-state index contributed by atoms with van der Waals surface area (Å²) in [5.74, 6) is 0.893. The SMILES string of the molecule is Ic1c(C2CC2)sc2ccccc12. The third-order valence-electron chi connectivity index (χ3n) is 2.51. The Morgan fingerprint density at radius 2 is 2.00 bits per heavy atom. The summed E-state index contributed by atoms with van der Waals surface area (Å²) >= 11 is 4.49. The van der Waals surface area contributed by atoms with Crippen LogP contribution in [-0.2, 0) is 0 Å². The highest BCUT2D eigenvalue weighted by molar-refractivity contribution is 14.1. The first-order valence-electron chi connectivity index (χ1n) is 4.53. The Labute approximate surface area is 95.1 Å². The van der Waals surface area contributed by atoms with Gasteiger partial charge in [-0.05, 0) is 47.4 Å². The molecule has 0 atom stereocenters. The molecule has 0 spiro atoms. The molecule has 0 nitrogen and oxygen atoms in total. The fourth-order valence-electron chi connectivity index (χ4n) is 1.64. The van der Waals surface area contributed by atoms with Crippen LogP contribution in [0.15, 0.2) is 24.3 Å². The second-order valence-electron chi connectivity index (χ2n) is 3.55. The van der Waals surface area contributed by atoms with Gasteiger partial charge in [0.1, 0.15) is 0 Å². The highest BCUT2D eigenvalue weighted by Crippen LogP contribution is 2.47. The lowest BCUT2D eigenvalue weighted by atomic mass is 10.2. The number of hydrogen-bond donors (Lipinski definition) is 0. The lowest BCUT2D eigenvalue weighted by Crippen LogP contribution is -1.74. The van der Waals surface area contributed by atoms with E-state index in [1.165, 1.54) is 26.5 Å². The minimum Gasteiger partial charge on any atom is -0.139 e. The van der Waals surface area contributed by atoms with Crippen molar-refractivity contribution in [3.05, 3.63) is 32.7 Å². The molecule has 2 aromatic rings. The van der Waals surface area contributed by atoms with Gasteiger partial charge in [-0.3, -0.25) is 0 Å². The van der Waals surface area contributed by atoms with Crippen LogP contribution in [0, 0.1) is 3.57 Å². The van der Waals surface area contributed by atoms with Gasteiger partial charge >= 0.3 is 0 Å². The van der Waals surface area contributed by atoms with Gasteiger partial charge in [0, 0.05) is 18.5 Å².